The van der Waals surface area contributed by atoms with Crippen LogP contribution >= 0.6 is 11.3 Å². The molecule has 0 aliphatic rings. The van der Waals surface area contributed by atoms with E-state index >= 15 is 0 Å². The van der Waals surface area contributed by atoms with Gasteiger partial charge in [0.1, 0.15) is 5.69 Å². The third-order valence-corrected chi connectivity index (χ3v) is 5.98. The summed E-state index contributed by atoms with van der Waals surface area (Å²) in [7, 11) is 0. The summed E-state index contributed by atoms with van der Waals surface area (Å²) in [6, 6.07) is 26.0. The van der Waals surface area contributed by atoms with E-state index in [0.717, 1.165) is 26.9 Å². The van der Waals surface area contributed by atoms with E-state index in [9.17, 15) is 4.79 Å². The second-order valence-electron chi connectivity index (χ2n) is 7.38. The Morgan fingerprint density at radius 3 is 2.48 bits per heavy atom. The first-order chi connectivity index (χ1) is 15.2. The van der Waals surface area contributed by atoms with E-state index in [-0.39, 0.29) is 5.91 Å². The number of benzene rings is 3. The van der Waals surface area contributed by atoms with Gasteiger partial charge < -0.3 is 0 Å². The number of aromatic nitrogens is 3. The Kier molecular flexibility index (Phi) is 5.06. The number of thiazole rings is 1. The number of hydrogen-bond acceptors (Lipinski definition) is 4. The fourth-order valence-electron chi connectivity index (χ4n) is 3.45. The van der Waals surface area contributed by atoms with Crippen molar-refractivity contribution in [2.45, 2.75) is 13.5 Å². The van der Waals surface area contributed by atoms with Crippen molar-refractivity contribution in [3.63, 3.8) is 0 Å². The monoisotopic (exact) mass is 424 g/mol. The molecule has 0 bridgehead atoms. The van der Waals surface area contributed by atoms with Crippen LogP contribution in [0.15, 0.2) is 85.1 Å². The van der Waals surface area contributed by atoms with Gasteiger partial charge >= 0.3 is 0 Å². The lowest BCUT2D eigenvalue weighted by atomic mass is 10.1. The number of nitrogens with zero attached hydrogens (tertiary/aromatic N) is 3. The number of rotatable bonds is 5. The Morgan fingerprint density at radius 2 is 1.71 bits per heavy atom. The molecular formula is C25H20N4OS. The summed E-state index contributed by atoms with van der Waals surface area (Å²) >= 11 is 1.46. The largest absolute Gasteiger partial charge is 0.298 e. The Balaban J connectivity index is 1.50. The Hall–Kier alpha value is -3.77. The van der Waals surface area contributed by atoms with Gasteiger partial charge in [0.05, 0.1) is 22.3 Å². The second-order valence-corrected chi connectivity index (χ2v) is 8.41. The van der Waals surface area contributed by atoms with Crippen LogP contribution in [-0.2, 0) is 6.54 Å². The van der Waals surface area contributed by atoms with Gasteiger partial charge in [-0.05, 0) is 24.6 Å². The summed E-state index contributed by atoms with van der Waals surface area (Å²) in [6.07, 6.45) is 1.81. The zero-order chi connectivity index (χ0) is 21.2. The summed E-state index contributed by atoms with van der Waals surface area (Å²) in [5.41, 5.74) is 5.26. The van der Waals surface area contributed by atoms with Crippen LogP contribution in [0.1, 0.15) is 21.5 Å². The number of aryl methyl sites for hydroxylation is 1. The maximum Gasteiger partial charge on any atom is 0.261 e. The van der Waals surface area contributed by atoms with E-state index in [1.807, 2.05) is 96.7 Å². The van der Waals surface area contributed by atoms with Gasteiger partial charge in [-0.2, -0.15) is 5.10 Å². The SMILES string of the molecule is Cc1ccc(-c2nn(Cc3ccccc3)cc2C(=O)Nc2nc3ccccc3s2)cc1. The topological polar surface area (TPSA) is 59.8 Å². The van der Waals surface area contributed by atoms with E-state index in [2.05, 4.69) is 10.3 Å². The smallest absolute Gasteiger partial charge is 0.261 e. The van der Waals surface area contributed by atoms with Crippen LogP contribution in [0, 0.1) is 6.92 Å². The maximum atomic E-state index is 13.2. The average molecular weight is 425 g/mol. The number of anilines is 1. The molecule has 0 saturated carbocycles. The molecular weight excluding hydrogens is 404 g/mol. The molecule has 0 radical (unpaired) electrons. The van der Waals surface area contributed by atoms with Crippen molar-refractivity contribution < 1.29 is 4.79 Å². The van der Waals surface area contributed by atoms with Crippen molar-refractivity contribution in [2.75, 3.05) is 5.32 Å². The molecule has 0 atom stereocenters. The Labute approximate surface area is 184 Å². The van der Waals surface area contributed by atoms with Gasteiger partial charge in [0, 0.05) is 11.8 Å². The molecule has 0 fully saturated rings. The molecule has 152 valence electrons. The first-order valence-electron chi connectivity index (χ1n) is 10.0. The molecule has 5 aromatic rings. The lowest BCUT2D eigenvalue weighted by molar-refractivity contribution is 0.102. The molecule has 0 unspecified atom stereocenters. The number of amides is 1. The molecule has 3 aromatic carbocycles. The first kappa shape index (κ1) is 19.2. The summed E-state index contributed by atoms with van der Waals surface area (Å²) in [6.45, 7) is 2.63. The molecule has 0 spiro atoms. The minimum Gasteiger partial charge on any atom is -0.298 e. The third kappa shape index (κ3) is 4.11. The van der Waals surface area contributed by atoms with Crippen molar-refractivity contribution in [1.82, 2.24) is 14.8 Å². The molecule has 5 nitrogen and oxygen atoms in total. The van der Waals surface area contributed by atoms with Gasteiger partial charge in [0.2, 0.25) is 0 Å². The standard InChI is InChI=1S/C25H20N4OS/c1-17-11-13-19(14-12-17)23-20(16-29(28-23)15-18-7-3-2-4-8-18)24(30)27-25-26-21-9-5-6-10-22(21)31-25/h2-14,16H,15H2,1H3,(H,26,27,30). The van der Waals surface area contributed by atoms with Crippen molar-refractivity contribution in [1.29, 1.82) is 0 Å². The van der Waals surface area contributed by atoms with Crippen LogP contribution < -0.4 is 5.32 Å². The molecule has 2 heterocycles. The van der Waals surface area contributed by atoms with Crippen molar-refractivity contribution >= 4 is 32.6 Å². The van der Waals surface area contributed by atoms with Gasteiger partial charge in [-0.3, -0.25) is 14.8 Å². The summed E-state index contributed by atoms with van der Waals surface area (Å²) in [5.74, 6) is -0.214. The fraction of sp³-hybridized carbons (Fsp3) is 0.0800. The van der Waals surface area contributed by atoms with Crippen molar-refractivity contribution in [3.05, 3.63) is 102 Å². The molecule has 6 heteroatoms. The van der Waals surface area contributed by atoms with Crippen LogP contribution in [0.2, 0.25) is 0 Å². The summed E-state index contributed by atoms with van der Waals surface area (Å²) in [4.78, 5) is 17.7. The molecule has 1 N–H and O–H groups in total. The minimum atomic E-state index is -0.214. The number of carbonyl (C=O) groups excluding carboxylic acids is 1. The predicted octanol–water partition coefficient (Wildman–Crippen LogP) is 5.77. The Morgan fingerprint density at radius 1 is 0.968 bits per heavy atom. The molecule has 5 rings (SSSR count). The van der Waals surface area contributed by atoms with E-state index in [4.69, 9.17) is 5.10 Å². The highest BCUT2D eigenvalue weighted by Crippen LogP contribution is 2.28. The van der Waals surface area contributed by atoms with Gasteiger partial charge in [-0.25, -0.2) is 4.98 Å². The van der Waals surface area contributed by atoms with Crippen molar-refractivity contribution in [2.24, 2.45) is 0 Å². The minimum absolute atomic E-state index is 0.214. The highest BCUT2D eigenvalue weighted by Gasteiger charge is 2.19. The molecule has 1 amide bonds. The number of para-hydroxylation sites is 1. The average Bonchev–Trinajstić information content (AvgIpc) is 3.38. The summed E-state index contributed by atoms with van der Waals surface area (Å²) < 4.78 is 2.86. The van der Waals surface area contributed by atoms with E-state index in [1.54, 1.807) is 0 Å². The van der Waals surface area contributed by atoms with Gasteiger partial charge in [-0.1, -0.05) is 83.6 Å². The number of nitrogens with one attached hydrogen (secondary N) is 1. The van der Waals surface area contributed by atoms with E-state index in [0.29, 0.717) is 22.9 Å². The van der Waals surface area contributed by atoms with Crippen LogP contribution in [-0.4, -0.2) is 20.7 Å². The molecule has 31 heavy (non-hydrogen) atoms. The fourth-order valence-corrected chi connectivity index (χ4v) is 4.31. The zero-order valence-corrected chi connectivity index (χ0v) is 17.8. The quantitative estimate of drug-likeness (QED) is 0.390. The highest BCUT2D eigenvalue weighted by atomic mass is 32.1. The number of hydrogen-bond donors (Lipinski definition) is 1. The van der Waals surface area contributed by atoms with E-state index < -0.39 is 0 Å². The highest BCUT2D eigenvalue weighted by molar-refractivity contribution is 7.22. The van der Waals surface area contributed by atoms with Crippen LogP contribution in [0.4, 0.5) is 5.13 Å². The third-order valence-electron chi connectivity index (χ3n) is 5.03. The molecule has 2 aromatic heterocycles. The Bertz CT molecular complexity index is 1320. The number of carbonyl (C=O) groups is 1. The number of fused-ring (bicyclic) bond motifs is 1. The lowest BCUT2D eigenvalue weighted by Gasteiger charge is -2.03. The van der Waals surface area contributed by atoms with Gasteiger partial charge in [-0.15, -0.1) is 0 Å². The predicted molar refractivity (Wildman–Crippen MR) is 126 cm³/mol. The first-order valence-corrected chi connectivity index (χ1v) is 10.8. The second kappa shape index (κ2) is 8.16. The summed E-state index contributed by atoms with van der Waals surface area (Å²) in [5, 5.41) is 8.29. The van der Waals surface area contributed by atoms with Gasteiger partial charge in [0.25, 0.3) is 5.91 Å². The van der Waals surface area contributed by atoms with Gasteiger partial charge in [0.15, 0.2) is 5.13 Å². The van der Waals surface area contributed by atoms with Crippen LogP contribution in [0.25, 0.3) is 21.5 Å². The van der Waals surface area contributed by atoms with Crippen LogP contribution in [0.5, 0.6) is 0 Å². The molecule has 0 saturated heterocycles. The van der Waals surface area contributed by atoms with Crippen molar-refractivity contribution in [3.8, 4) is 11.3 Å². The zero-order valence-electron chi connectivity index (χ0n) is 16.9. The molecule has 0 aliphatic heterocycles. The maximum absolute atomic E-state index is 13.2. The normalized spacial score (nSPS) is 11.0. The molecule has 0 aliphatic carbocycles. The van der Waals surface area contributed by atoms with E-state index in [1.165, 1.54) is 11.3 Å². The van der Waals surface area contributed by atoms with Crippen LogP contribution in [0.3, 0.4) is 0 Å². The lowest BCUT2D eigenvalue weighted by Crippen LogP contribution is -2.12.